The van der Waals surface area contributed by atoms with Gasteiger partial charge in [-0.25, -0.2) is 0 Å². The fourth-order valence-electron chi connectivity index (χ4n) is 1.93. The molecule has 0 aromatic heterocycles. The monoisotopic (exact) mass is 408 g/mol. The van der Waals surface area contributed by atoms with Gasteiger partial charge in [-0.2, -0.15) is 0 Å². The molecule has 0 radical (unpaired) electrons. The van der Waals surface area contributed by atoms with Gasteiger partial charge in [0.1, 0.15) is 5.75 Å². The SMILES string of the molecule is C=C(NNC(=O)COc1ccc(Cl)cc1Br)c1ccc(CC)cc1. The van der Waals surface area contributed by atoms with Crippen LogP contribution in [0.25, 0.3) is 5.70 Å². The number of nitrogens with one attached hydrogen (secondary N) is 2. The van der Waals surface area contributed by atoms with Crippen LogP contribution in [-0.2, 0) is 11.2 Å². The van der Waals surface area contributed by atoms with E-state index in [0.717, 1.165) is 12.0 Å². The fraction of sp³-hybridized carbons (Fsp3) is 0.167. The Hall–Kier alpha value is -1.98. The first-order valence-corrected chi connectivity index (χ1v) is 8.57. The summed E-state index contributed by atoms with van der Waals surface area (Å²) in [7, 11) is 0. The molecule has 0 aliphatic rings. The zero-order valence-electron chi connectivity index (χ0n) is 13.2. The molecule has 2 N–H and O–H groups in total. The van der Waals surface area contributed by atoms with Gasteiger partial charge < -0.3 is 4.74 Å². The van der Waals surface area contributed by atoms with Crippen LogP contribution in [-0.4, -0.2) is 12.5 Å². The first-order valence-electron chi connectivity index (χ1n) is 7.40. The van der Waals surface area contributed by atoms with Crippen LogP contribution in [0, 0.1) is 0 Å². The molecule has 2 aromatic carbocycles. The predicted molar refractivity (Wildman–Crippen MR) is 101 cm³/mol. The minimum absolute atomic E-state index is 0.130. The first kappa shape index (κ1) is 18.4. The van der Waals surface area contributed by atoms with Gasteiger partial charge in [0, 0.05) is 5.02 Å². The maximum atomic E-state index is 11.8. The van der Waals surface area contributed by atoms with Gasteiger partial charge in [-0.3, -0.25) is 15.6 Å². The molecule has 0 saturated heterocycles. The van der Waals surface area contributed by atoms with Crippen molar-refractivity contribution in [1.82, 2.24) is 10.9 Å². The van der Waals surface area contributed by atoms with Gasteiger partial charge in [0.15, 0.2) is 6.61 Å². The van der Waals surface area contributed by atoms with Crippen molar-refractivity contribution >= 4 is 39.1 Å². The molecule has 0 aliphatic carbocycles. The zero-order valence-corrected chi connectivity index (χ0v) is 15.6. The molecule has 0 spiro atoms. The second kappa shape index (κ2) is 8.76. The Kier molecular flexibility index (Phi) is 6.70. The quantitative estimate of drug-likeness (QED) is 0.669. The molecule has 126 valence electrons. The van der Waals surface area contributed by atoms with Crippen LogP contribution in [0.3, 0.4) is 0 Å². The first-order chi connectivity index (χ1) is 11.5. The molecular weight excluding hydrogens is 392 g/mol. The van der Waals surface area contributed by atoms with E-state index in [1.54, 1.807) is 18.2 Å². The Morgan fingerprint density at radius 3 is 2.54 bits per heavy atom. The molecular formula is C18H18BrClN2O2. The molecule has 0 fully saturated rings. The molecule has 2 rings (SSSR count). The number of rotatable bonds is 7. The summed E-state index contributed by atoms with van der Waals surface area (Å²) < 4.78 is 6.13. The molecule has 0 heterocycles. The van der Waals surface area contributed by atoms with Gasteiger partial charge in [-0.05, 0) is 51.7 Å². The van der Waals surface area contributed by atoms with Crippen molar-refractivity contribution in [3.8, 4) is 5.75 Å². The van der Waals surface area contributed by atoms with Gasteiger partial charge in [0.25, 0.3) is 5.91 Å². The van der Waals surface area contributed by atoms with Crippen LogP contribution in [0.5, 0.6) is 5.75 Å². The molecule has 1 amide bonds. The summed E-state index contributed by atoms with van der Waals surface area (Å²) in [6, 6.07) is 13.1. The summed E-state index contributed by atoms with van der Waals surface area (Å²) in [5.74, 6) is 0.228. The zero-order chi connectivity index (χ0) is 17.5. The third kappa shape index (κ3) is 5.28. The number of amides is 1. The lowest BCUT2D eigenvalue weighted by molar-refractivity contribution is -0.123. The lowest BCUT2D eigenvalue weighted by Gasteiger charge is -2.13. The summed E-state index contributed by atoms with van der Waals surface area (Å²) in [5.41, 5.74) is 8.11. The fourth-order valence-corrected chi connectivity index (χ4v) is 2.73. The summed E-state index contributed by atoms with van der Waals surface area (Å²) in [5, 5.41) is 0.589. The summed E-state index contributed by atoms with van der Waals surface area (Å²) in [6.45, 7) is 5.87. The van der Waals surface area contributed by atoms with Gasteiger partial charge >= 0.3 is 0 Å². The van der Waals surface area contributed by atoms with E-state index in [1.807, 2.05) is 24.3 Å². The van der Waals surface area contributed by atoms with Crippen molar-refractivity contribution in [3.63, 3.8) is 0 Å². The Morgan fingerprint density at radius 2 is 1.92 bits per heavy atom. The minimum Gasteiger partial charge on any atom is -0.483 e. The third-order valence-electron chi connectivity index (χ3n) is 3.32. The van der Waals surface area contributed by atoms with Crippen molar-refractivity contribution in [1.29, 1.82) is 0 Å². The van der Waals surface area contributed by atoms with Gasteiger partial charge in [-0.1, -0.05) is 49.4 Å². The molecule has 0 unspecified atom stereocenters. The number of hydrogen-bond acceptors (Lipinski definition) is 3. The molecule has 0 aliphatic heterocycles. The van der Waals surface area contributed by atoms with Crippen LogP contribution in [0.4, 0.5) is 0 Å². The highest BCUT2D eigenvalue weighted by molar-refractivity contribution is 9.10. The Balaban J connectivity index is 1.80. The summed E-state index contributed by atoms with van der Waals surface area (Å²) in [6.07, 6.45) is 0.981. The average molecular weight is 410 g/mol. The predicted octanol–water partition coefficient (Wildman–Crippen LogP) is 4.34. The van der Waals surface area contributed by atoms with Crippen molar-refractivity contribution in [2.24, 2.45) is 0 Å². The molecule has 0 bridgehead atoms. The van der Waals surface area contributed by atoms with Crippen LogP contribution in [0.1, 0.15) is 18.1 Å². The van der Waals surface area contributed by atoms with E-state index in [2.05, 4.69) is 40.3 Å². The lowest BCUT2D eigenvalue weighted by Crippen LogP contribution is -2.39. The Bertz CT molecular complexity index is 732. The average Bonchev–Trinajstić information content (AvgIpc) is 2.59. The van der Waals surface area contributed by atoms with E-state index >= 15 is 0 Å². The number of halogens is 2. The van der Waals surface area contributed by atoms with Crippen molar-refractivity contribution in [3.05, 3.63) is 69.7 Å². The summed E-state index contributed by atoms with van der Waals surface area (Å²) in [4.78, 5) is 11.8. The molecule has 6 heteroatoms. The van der Waals surface area contributed by atoms with E-state index in [-0.39, 0.29) is 12.5 Å². The minimum atomic E-state index is -0.317. The lowest BCUT2D eigenvalue weighted by atomic mass is 10.1. The highest BCUT2D eigenvalue weighted by Crippen LogP contribution is 2.27. The van der Waals surface area contributed by atoms with E-state index in [4.69, 9.17) is 16.3 Å². The van der Waals surface area contributed by atoms with E-state index < -0.39 is 0 Å². The summed E-state index contributed by atoms with van der Waals surface area (Å²) >= 11 is 9.19. The number of hydrazine groups is 1. The van der Waals surface area contributed by atoms with Crippen molar-refractivity contribution in [2.45, 2.75) is 13.3 Å². The van der Waals surface area contributed by atoms with Gasteiger partial charge in [0.05, 0.1) is 10.2 Å². The van der Waals surface area contributed by atoms with E-state index in [0.29, 0.717) is 20.9 Å². The maximum Gasteiger partial charge on any atom is 0.276 e. The van der Waals surface area contributed by atoms with Gasteiger partial charge in [-0.15, -0.1) is 0 Å². The topological polar surface area (TPSA) is 50.4 Å². The van der Waals surface area contributed by atoms with Crippen LogP contribution in [0.15, 0.2) is 53.5 Å². The Labute approximate surface area is 155 Å². The molecule has 0 saturated carbocycles. The number of ether oxygens (including phenoxy) is 1. The second-order valence-electron chi connectivity index (χ2n) is 5.07. The molecule has 0 atom stereocenters. The van der Waals surface area contributed by atoms with Crippen molar-refractivity contribution in [2.75, 3.05) is 6.61 Å². The van der Waals surface area contributed by atoms with Gasteiger partial charge in [0.2, 0.25) is 0 Å². The molecule has 24 heavy (non-hydrogen) atoms. The highest BCUT2D eigenvalue weighted by atomic mass is 79.9. The molecule has 4 nitrogen and oxygen atoms in total. The highest BCUT2D eigenvalue weighted by Gasteiger charge is 2.07. The second-order valence-corrected chi connectivity index (χ2v) is 6.36. The smallest absolute Gasteiger partial charge is 0.276 e. The van der Waals surface area contributed by atoms with E-state index in [9.17, 15) is 4.79 Å². The standard InChI is InChI=1S/C18H18BrClN2O2/c1-3-13-4-6-14(7-5-13)12(2)21-22-18(23)11-24-17-9-8-15(20)10-16(17)19/h4-10,21H,2-3,11H2,1H3,(H,22,23). The number of aryl methyl sites for hydroxylation is 1. The van der Waals surface area contributed by atoms with Crippen LogP contribution < -0.4 is 15.6 Å². The number of benzene rings is 2. The largest absolute Gasteiger partial charge is 0.483 e. The molecule has 2 aromatic rings. The number of carbonyl (C=O) groups is 1. The third-order valence-corrected chi connectivity index (χ3v) is 4.17. The Morgan fingerprint density at radius 1 is 1.21 bits per heavy atom. The maximum absolute atomic E-state index is 11.8. The number of carbonyl (C=O) groups excluding carboxylic acids is 1. The van der Waals surface area contributed by atoms with Crippen molar-refractivity contribution < 1.29 is 9.53 Å². The normalized spacial score (nSPS) is 10.1. The van der Waals surface area contributed by atoms with Crippen LogP contribution in [0.2, 0.25) is 5.02 Å². The van der Waals surface area contributed by atoms with Crippen LogP contribution >= 0.6 is 27.5 Å². The van der Waals surface area contributed by atoms with E-state index in [1.165, 1.54) is 5.56 Å². The number of hydrogen-bond donors (Lipinski definition) is 2.